The molecule has 0 bridgehead atoms. The van der Waals surface area contributed by atoms with Crippen LogP contribution in [0, 0.1) is 210 Å². The minimum atomic E-state index is -1.35. The Morgan fingerprint density at radius 3 is 0.757 bits per heavy atom. The van der Waals surface area contributed by atoms with E-state index in [1.54, 1.807) is 0 Å². The third-order valence-electron chi connectivity index (χ3n) is 38.3. The minimum Gasteiger partial charge on any atom is -0.393 e. The van der Waals surface area contributed by atoms with E-state index in [4.69, 9.17) is 28.4 Å². The van der Waals surface area contributed by atoms with Crippen molar-refractivity contribution < 1.29 is 229 Å². The predicted molar refractivity (Wildman–Crippen MR) is 451 cm³/mol. The number of hydrogen-bond donors (Lipinski definition) is 0. The molecule has 0 aromatic rings. The summed E-state index contributed by atoms with van der Waals surface area (Å²) in [6.07, 6.45) is 15.1. The lowest BCUT2D eigenvalue weighted by Gasteiger charge is -2.65. The maximum absolute atomic E-state index is 12.0. The molecule has 16 saturated heterocycles. The fourth-order valence-corrected chi connectivity index (χ4v) is 29.4. The Kier molecular flexibility index (Phi) is 25.9. The van der Waals surface area contributed by atoms with Crippen molar-refractivity contribution in [2.75, 3.05) is 0 Å². The van der Waals surface area contributed by atoms with E-state index in [2.05, 4.69) is 47.4 Å². The topological polar surface area (TPSA) is 694 Å². The molecular formula is C100H100O48. The van der Waals surface area contributed by atoms with Gasteiger partial charge in [-0.3, -0.25) is 153 Å². The van der Waals surface area contributed by atoms with E-state index in [9.17, 15) is 153 Å². The number of fused-ring (bicyclic) bond motifs is 18. The first kappa shape index (κ1) is 103. The lowest BCUT2D eigenvalue weighted by atomic mass is 9.27. The summed E-state index contributed by atoms with van der Waals surface area (Å²) in [6, 6.07) is 0. The van der Waals surface area contributed by atoms with Crippen LogP contribution in [0.5, 0.6) is 0 Å². The van der Waals surface area contributed by atoms with Crippen LogP contribution in [0.3, 0.4) is 0 Å². The largest absolute Gasteiger partial charge is 0.393 e. The van der Waals surface area contributed by atoms with E-state index in [-0.39, 0.29) is 182 Å². The van der Waals surface area contributed by atoms with E-state index in [1.807, 2.05) is 0 Å². The first-order valence-corrected chi connectivity index (χ1v) is 49.9. The number of carbonyl (C=O) groups excluding carboxylic acids is 32. The Labute approximate surface area is 835 Å². The molecule has 0 aromatic heterocycles. The van der Waals surface area contributed by atoms with Gasteiger partial charge in [0.25, 0.3) is 0 Å². The molecule has 48 heteroatoms. The van der Waals surface area contributed by atoms with E-state index in [0.717, 1.165) is 64.2 Å². The van der Waals surface area contributed by atoms with Crippen LogP contribution < -0.4 is 0 Å². The third-order valence-corrected chi connectivity index (χ3v) is 38.3. The van der Waals surface area contributed by atoms with Crippen LogP contribution in [0.15, 0.2) is 0 Å². The SMILES string of the molecule is CC1(C2(C)CC(=O)OC2=O)CC(=O)OC1=O.CC12C(=O)OC(=O)C1(C)C1(C)C(=O)OC(=O)C21C.O=C1CC2C(CC3C(=O)OC(=O)C32)C(=O)O1.O=C1OC(=O)C2C1CC1C(=O)OC(=O)C12.O=C1OC(=O)C2CC(C3CCC4C(=O)OC(=O)C4C3)CCC12.O=C1OC(=O)C2CC(C3CCCC4C(=O)OC(=O)C43)CCC12.O=C1OC(=O)C2CC(CC3CCC4C(=O)OC(=O)C4C3)CCC12.O=C1OC(=O)C2CC3C(=O)OC(=O)C3CC12. The minimum absolute atomic E-state index is 0.0138. The lowest BCUT2D eigenvalue weighted by molar-refractivity contribution is -0.243. The Morgan fingerprint density at radius 2 is 0.426 bits per heavy atom. The van der Waals surface area contributed by atoms with E-state index in [1.165, 1.54) is 41.5 Å². The average molecular weight is 2070 g/mol. The van der Waals surface area contributed by atoms with Crippen LogP contribution in [0.2, 0.25) is 0 Å². The molecule has 10 aliphatic carbocycles. The Balaban J connectivity index is 0.000000107. The second-order valence-electron chi connectivity index (χ2n) is 44.7. The summed E-state index contributed by atoms with van der Waals surface area (Å²) in [5, 5.41) is 0. The second-order valence-corrected chi connectivity index (χ2v) is 44.7. The zero-order valence-electron chi connectivity index (χ0n) is 80.3. The molecule has 16 aliphatic heterocycles. The molecule has 148 heavy (non-hydrogen) atoms. The molecule has 0 N–H and O–H groups in total. The number of rotatable bonds is 5. The number of cyclic esters (lactones) is 32. The van der Waals surface area contributed by atoms with Gasteiger partial charge in [0.1, 0.15) is 0 Å². The van der Waals surface area contributed by atoms with E-state index < -0.39 is 241 Å². The fraction of sp³-hybridized carbons (Fsp3) is 0.680. The van der Waals surface area contributed by atoms with Gasteiger partial charge in [0, 0.05) is 0 Å². The molecule has 32 atom stereocenters. The molecule has 788 valence electrons. The highest BCUT2D eigenvalue weighted by Gasteiger charge is 2.97. The summed E-state index contributed by atoms with van der Waals surface area (Å²) >= 11 is 0. The molecule has 10 saturated carbocycles. The van der Waals surface area contributed by atoms with Gasteiger partial charge >= 0.3 is 191 Å². The van der Waals surface area contributed by atoms with Crippen LogP contribution in [0.25, 0.3) is 0 Å². The van der Waals surface area contributed by atoms with Crippen molar-refractivity contribution in [3.8, 4) is 0 Å². The summed E-state index contributed by atoms with van der Waals surface area (Å²) in [6.45, 7) is 8.84. The average Bonchev–Trinajstić information content (AvgIpc) is 1.43. The molecule has 48 nitrogen and oxygen atoms in total. The monoisotopic (exact) mass is 2070 g/mol. The highest BCUT2D eigenvalue weighted by atomic mass is 16.7. The van der Waals surface area contributed by atoms with Gasteiger partial charge in [0.05, 0.1) is 188 Å². The van der Waals surface area contributed by atoms with Crippen molar-refractivity contribution in [3.63, 3.8) is 0 Å². The molecule has 0 amide bonds. The summed E-state index contributed by atoms with van der Waals surface area (Å²) in [5.74, 6) is -27.0. The summed E-state index contributed by atoms with van der Waals surface area (Å²) < 4.78 is 73.7. The Morgan fingerprint density at radius 1 is 0.182 bits per heavy atom. The molecule has 26 rings (SSSR count). The number of esters is 32. The number of carbonyl (C=O) groups is 32. The number of ether oxygens (including phenoxy) is 16. The van der Waals surface area contributed by atoms with Crippen molar-refractivity contribution >= 4 is 191 Å². The van der Waals surface area contributed by atoms with Gasteiger partial charge in [-0.1, -0.05) is 6.42 Å². The van der Waals surface area contributed by atoms with Gasteiger partial charge in [0.15, 0.2) is 0 Å². The standard InChI is InChI=1S/C17H20O6.2C16H18O6.C12H12O6.2C10H8O6.C10H10O6.C9H6O6/c18-14-10-3-1-8(6-12(10)16(20)22-14)5-9-2-4-11-13(7-9)17(21)23-15(11)19;17-13-9-3-1-7(5-11(9)15(19)21-13)8-2-4-10-12(6-8)16(20)22-14(10)18;17-13-9-5-4-7(6-11(9)15(19)21-13)8-2-1-3-10-12(8)16(20)22-14(10)18;1-9-5(13)17-6(14)10(9,2)12(4)8(16)18-7(15)11(9,12)3;11-6-2-3-4(8(12)15-6)1-5-7(3)10(14)16-9(5)13;11-7-3-1-4-6(10(14)16-8(4)12)2-5(3)9(13)15-7;1-9(3-5(11)15-7(9)13)10(2)4-6(12)16-8(10)14;10-6-2-1-3-5(4(2)8(12)14-6)9(13)15-7(3)11/h8-13H,1-7H2;2*7-12H,1-6H2;1-4H3;3-5,7H,1-2H2;3-6H,1-2H2;3-4H2,1-2H3;2-5H,1H2. The lowest BCUT2D eigenvalue weighted by Crippen LogP contribution is -2.77. The van der Waals surface area contributed by atoms with Crippen molar-refractivity contribution in [1.82, 2.24) is 0 Å². The smallest absolute Gasteiger partial charge is 0.321 e. The normalized spacial score (nSPS) is 43.9. The van der Waals surface area contributed by atoms with Crippen LogP contribution in [0.4, 0.5) is 0 Å². The number of hydrogen-bond acceptors (Lipinski definition) is 48. The zero-order chi connectivity index (χ0) is 106. The van der Waals surface area contributed by atoms with Crippen LogP contribution in [-0.4, -0.2) is 191 Å². The molecule has 26 aliphatic rings. The first-order chi connectivity index (χ1) is 69.8. The molecule has 32 unspecified atom stereocenters. The Bertz CT molecular complexity index is 5710. The van der Waals surface area contributed by atoms with Crippen LogP contribution >= 0.6 is 0 Å². The van der Waals surface area contributed by atoms with Gasteiger partial charge in [-0.2, -0.15) is 0 Å². The predicted octanol–water partition coefficient (Wildman–Crippen LogP) is 2.03. The van der Waals surface area contributed by atoms with Gasteiger partial charge in [0.2, 0.25) is 0 Å². The van der Waals surface area contributed by atoms with E-state index in [0.29, 0.717) is 81.5 Å². The van der Waals surface area contributed by atoms with Crippen molar-refractivity contribution in [1.29, 1.82) is 0 Å². The summed E-state index contributed by atoms with van der Waals surface area (Å²) in [4.78, 5) is 369. The molecule has 26 fully saturated rings. The third kappa shape index (κ3) is 16.1. The maximum atomic E-state index is 12.0. The molecule has 16 heterocycles. The van der Waals surface area contributed by atoms with Crippen molar-refractivity contribution in [2.24, 2.45) is 210 Å². The quantitative estimate of drug-likeness (QED) is 0.216. The molecular weight excluding hydrogens is 1970 g/mol. The van der Waals surface area contributed by atoms with Gasteiger partial charge in [-0.15, -0.1) is 0 Å². The molecule has 0 radical (unpaired) electrons. The van der Waals surface area contributed by atoms with Crippen molar-refractivity contribution in [2.45, 2.75) is 208 Å². The zero-order valence-corrected chi connectivity index (χ0v) is 80.3. The van der Waals surface area contributed by atoms with Gasteiger partial charge in [-0.25, -0.2) is 0 Å². The first-order valence-electron chi connectivity index (χ1n) is 49.9. The summed E-state index contributed by atoms with van der Waals surface area (Å²) in [7, 11) is 0. The Hall–Kier alpha value is -13.8. The maximum Gasteiger partial charge on any atom is 0.321 e. The second kappa shape index (κ2) is 37.2. The van der Waals surface area contributed by atoms with Gasteiger partial charge in [-0.05, 0) is 224 Å². The van der Waals surface area contributed by atoms with E-state index >= 15 is 0 Å². The molecule has 0 aromatic carbocycles. The van der Waals surface area contributed by atoms with Gasteiger partial charge < -0.3 is 75.8 Å². The molecule has 0 spiro atoms. The fourth-order valence-electron chi connectivity index (χ4n) is 29.4. The van der Waals surface area contributed by atoms with Crippen molar-refractivity contribution in [3.05, 3.63) is 0 Å². The highest BCUT2D eigenvalue weighted by molar-refractivity contribution is 6.18. The van der Waals surface area contributed by atoms with Crippen LogP contribution in [0.1, 0.15) is 208 Å². The summed E-state index contributed by atoms with van der Waals surface area (Å²) in [5.41, 5.74) is -8.03. The van der Waals surface area contributed by atoms with Crippen LogP contribution in [-0.2, 0) is 229 Å². The highest BCUT2D eigenvalue weighted by Crippen LogP contribution is 2.83.